The van der Waals surface area contributed by atoms with Crippen molar-refractivity contribution in [2.45, 2.75) is 51.2 Å². The molecule has 1 aliphatic heterocycles. The number of nitrogens with zero attached hydrogens (tertiary/aromatic N) is 3. The molecule has 184 valence electrons. The first-order valence-electron chi connectivity index (χ1n) is 11.2. The highest BCUT2D eigenvalue weighted by Crippen LogP contribution is 2.28. The molecule has 4 rings (SSSR count). The number of aryl methyl sites for hydroxylation is 1. The van der Waals surface area contributed by atoms with Crippen LogP contribution in [0.5, 0.6) is 5.75 Å². The quantitative estimate of drug-likeness (QED) is 0.452. The molecule has 0 amide bonds. The average Bonchev–Trinajstić information content (AvgIpc) is 3.10. The minimum absolute atomic E-state index is 0.284. The summed E-state index contributed by atoms with van der Waals surface area (Å²) in [5, 5.41) is 8.08. The molecule has 11 heteroatoms. The summed E-state index contributed by atoms with van der Waals surface area (Å²) in [5.74, 6) is 0.0201. The lowest BCUT2D eigenvalue weighted by atomic mass is 10.0. The van der Waals surface area contributed by atoms with Crippen LogP contribution in [-0.2, 0) is 11.3 Å². The Hall–Kier alpha value is -3.05. The maximum Gasteiger partial charge on any atom is 0.573 e. The van der Waals surface area contributed by atoms with E-state index < -0.39 is 6.36 Å². The Kier molecular flexibility index (Phi) is 7.13. The number of hydrogen-bond donors (Lipinski definition) is 2. The minimum Gasteiger partial charge on any atom is -0.406 e. The first-order valence-corrected chi connectivity index (χ1v) is 11.2. The molecule has 1 unspecified atom stereocenters. The van der Waals surface area contributed by atoms with Gasteiger partial charge >= 0.3 is 6.36 Å². The molecule has 8 nitrogen and oxygen atoms in total. The number of benzene rings is 1. The third-order valence-corrected chi connectivity index (χ3v) is 6.05. The van der Waals surface area contributed by atoms with E-state index in [-0.39, 0.29) is 17.4 Å². The number of methoxy groups -OCH3 is 1. The van der Waals surface area contributed by atoms with E-state index in [1.54, 1.807) is 19.4 Å². The first kappa shape index (κ1) is 24.1. The molecule has 2 aromatic heterocycles. The number of ether oxygens (including phenoxy) is 2. The largest absolute Gasteiger partial charge is 0.573 e. The number of aromatic nitrogens is 3. The van der Waals surface area contributed by atoms with Crippen LogP contribution >= 0.6 is 0 Å². The molecule has 1 saturated heterocycles. The highest BCUT2D eigenvalue weighted by atomic mass is 19.4. The van der Waals surface area contributed by atoms with Crippen molar-refractivity contribution in [3.63, 3.8) is 0 Å². The maximum atomic E-state index is 12.6. The lowest BCUT2D eigenvalue weighted by Crippen LogP contribution is -2.56. The number of hydrogen-bond acceptors (Lipinski definition) is 6. The zero-order chi connectivity index (χ0) is 24.3. The van der Waals surface area contributed by atoms with Crippen molar-refractivity contribution in [1.82, 2.24) is 19.7 Å². The summed E-state index contributed by atoms with van der Waals surface area (Å²) in [5.41, 5.74) is 0.885. The number of fused-ring (bicyclic) bond motifs is 1. The van der Waals surface area contributed by atoms with Crippen LogP contribution < -0.4 is 15.6 Å². The van der Waals surface area contributed by atoms with Crippen LogP contribution in [0, 0.1) is 0 Å². The highest BCUT2D eigenvalue weighted by Gasteiger charge is 2.32. The van der Waals surface area contributed by atoms with Crippen molar-refractivity contribution < 1.29 is 22.6 Å². The number of likely N-dealkylation sites (tertiary alicyclic amines) is 1. The molecule has 3 aromatic rings. The molecular weight excluding hydrogens is 451 g/mol. The number of pyridine rings is 1. The first-order chi connectivity index (χ1) is 16.3. The van der Waals surface area contributed by atoms with Gasteiger partial charge in [0.2, 0.25) is 0 Å². The zero-order valence-electron chi connectivity index (χ0n) is 19.1. The molecule has 0 spiro atoms. The van der Waals surface area contributed by atoms with Gasteiger partial charge in [-0.05, 0) is 43.2 Å². The van der Waals surface area contributed by atoms with Gasteiger partial charge in [-0.25, -0.2) is 0 Å². The van der Waals surface area contributed by atoms with E-state index in [0.29, 0.717) is 35.0 Å². The molecule has 1 aromatic carbocycles. The summed E-state index contributed by atoms with van der Waals surface area (Å²) in [6, 6.07) is 7.49. The molecule has 2 N–H and O–H groups in total. The average molecular weight is 480 g/mol. The Bertz CT molecular complexity index is 1150. The molecule has 1 atom stereocenters. The van der Waals surface area contributed by atoms with Crippen LogP contribution in [-0.4, -0.2) is 58.4 Å². The molecule has 0 bridgehead atoms. The lowest BCUT2D eigenvalue weighted by Gasteiger charge is -2.43. The van der Waals surface area contributed by atoms with E-state index in [0.717, 1.165) is 32.4 Å². The summed E-state index contributed by atoms with van der Waals surface area (Å²) in [6.07, 6.45) is 0.113. The third-order valence-electron chi connectivity index (χ3n) is 6.05. The van der Waals surface area contributed by atoms with Crippen LogP contribution in [0.25, 0.3) is 10.9 Å². The van der Waals surface area contributed by atoms with Gasteiger partial charge in [0.1, 0.15) is 11.1 Å². The second-order valence-electron chi connectivity index (χ2n) is 8.38. The lowest BCUT2D eigenvalue weighted by molar-refractivity contribution is -0.274. The van der Waals surface area contributed by atoms with Gasteiger partial charge in [0, 0.05) is 44.7 Å². The molecular formula is C23H28F3N5O3. The number of H-pyrrole nitrogens is 1. The number of aromatic amines is 1. The van der Waals surface area contributed by atoms with Crippen LogP contribution in [0.2, 0.25) is 0 Å². The van der Waals surface area contributed by atoms with Crippen molar-refractivity contribution in [1.29, 1.82) is 0 Å². The van der Waals surface area contributed by atoms with E-state index in [2.05, 4.69) is 32.0 Å². The van der Waals surface area contributed by atoms with Gasteiger partial charge < -0.3 is 19.8 Å². The fourth-order valence-electron chi connectivity index (χ4n) is 4.30. The third kappa shape index (κ3) is 5.53. The standard InChI is InChI=1S/C23H28F3N5O3/c1-3-4-16(30-13-18(14-30)33-2)10-12-31-19-9-11-27-22(32)20(19)21(29-31)28-15-5-7-17(8-6-15)34-23(24,25)26/h5-9,11,16,18H,3-4,10,12-14H2,1-2H3,(H,27,32)(H,28,29). The smallest absolute Gasteiger partial charge is 0.406 e. The van der Waals surface area contributed by atoms with Gasteiger partial charge in [-0.3, -0.25) is 14.4 Å². The Labute approximate surface area is 194 Å². The second-order valence-corrected chi connectivity index (χ2v) is 8.38. The second kappa shape index (κ2) is 10.1. The number of alkyl halides is 3. The maximum absolute atomic E-state index is 12.6. The van der Waals surface area contributed by atoms with Crippen molar-refractivity contribution in [2.75, 3.05) is 25.5 Å². The van der Waals surface area contributed by atoms with Crippen LogP contribution in [0.1, 0.15) is 26.2 Å². The summed E-state index contributed by atoms with van der Waals surface area (Å²) < 4.78 is 48.3. The predicted molar refractivity (Wildman–Crippen MR) is 122 cm³/mol. The van der Waals surface area contributed by atoms with Crippen molar-refractivity contribution in [3.05, 3.63) is 46.9 Å². The number of anilines is 2. The predicted octanol–water partition coefficient (Wildman–Crippen LogP) is 4.26. The molecule has 0 aliphatic carbocycles. The topological polar surface area (TPSA) is 84.4 Å². The van der Waals surface area contributed by atoms with E-state index in [1.165, 1.54) is 24.3 Å². The van der Waals surface area contributed by atoms with Crippen LogP contribution in [0.15, 0.2) is 41.3 Å². The van der Waals surface area contributed by atoms with Gasteiger partial charge in [-0.15, -0.1) is 13.2 Å². The van der Waals surface area contributed by atoms with Crippen molar-refractivity contribution >= 4 is 22.4 Å². The number of rotatable bonds is 10. The Balaban J connectivity index is 1.52. The molecule has 1 fully saturated rings. The van der Waals surface area contributed by atoms with Crippen molar-refractivity contribution in [2.24, 2.45) is 0 Å². The van der Waals surface area contributed by atoms with Gasteiger partial charge in [0.15, 0.2) is 5.82 Å². The van der Waals surface area contributed by atoms with Gasteiger partial charge in [0.25, 0.3) is 5.56 Å². The van der Waals surface area contributed by atoms with Gasteiger partial charge in [0.05, 0.1) is 11.6 Å². The summed E-state index contributed by atoms with van der Waals surface area (Å²) >= 11 is 0. The number of nitrogens with one attached hydrogen (secondary N) is 2. The van der Waals surface area contributed by atoms with Crippen LogP contribution in [0.4, 0.5) is 24.7 Å². The van der Waals surface area contributed by atoms with Crippen LogP contribution in [0.3, 0.4) is 0 Å². The Morgan fingerprint density at radius 2 is 1.94 bits per heavy atom. The summed E-state index contributed by atoms with van der Waals surface area (Å²) in [4.78, 5) is 17.7. The Morgan fingerprint density at radius 1 is 1.21 bits per heavy atom. The number of halogens is 3. The highest BCUT2D eigenvalue weighted by molar-refractivity contribution is 5.91. The fourth-order valence-corrected chi connectivity index (χ4v) is 4.30. The SMILES string of the molecule is CCCC(CCn1nc(Nc2ccc(OC(F)(F)F)cc2)c2c(=O)[nH]ccc21)N1CC(OC)C1. The molecule has 1 aliphatic rings. The monoisotopic (exact) mass is 479 g/mol. The van der Waals surface area contributed by atoms with E-state index in [1.807, 2.05) is 4.68 Å². The zero-order valence-corrected chi connectivity index (χ0v) is 19.1. The molecule has 0 radical (unpaired) electrons. The van der Waals surface area contributed by atoms with E-state index in [9.17, 15) is 18.0 Å². The van der Waals surface area contributed by atoms with Gasteiger partial charge in [-0.1, -0.05) is 13.3 Å². The summed E-state index contributed by atoms with van der Waals surface area (Å²) in [6.45, 7) is 4.62. The van der Waals surface area contributed by atoms with E-state index >= 15 is 0 Å². The molecule has 0 saturated carbocycles. The molecule has 3 heterocycles. The van der Waals surface area contributed by atoms with Crippen molar-refractivity contribution in [3.8, 4) is 5.75 Å². The molecule has 34 heavy (non-hydrogen) atoms. The normalized spacial score (nSPS) is 15.9. The minimum atomic E-state index is -4.76. The Morgan fingerprint density at radius 3 is 2.59 bits per heavy atom. The summed E-state index contributed by atoms with van der Waals surface area (Å²) in [7, 11) is 1.73. The fraction of sp³-hybridized carbons (Fsp3) is 0.478. The van der Waals surface area contributed by atoms with Gasteiger partial charge in [-0.2, -0.15) is 5.10 Å². The van der Waals surface area contributed by atoms with E-state index in [4.69, 9.17) is 4.74 Å².